The third-order valence-corrected chi connectivity index (χ3v) is 4.33. The summed E-state index contributed by atoms with van der Waals surface area (Å²) in [5, 5.41) is 7.11. The zero-order chi connectivity index (χ0) is 14.7. The van der Waals surface area contributed by atoms with Crippen LogP contribution >= 0.6 is 0 Å². The summed E-state index contributed by atoms with van der Waals surface area (Å²) >= 11 is 0. The molecule has 1 aliphatic carbocycles. The fourth-order valence-electron chi connectivity index (χ4n) is 2.75. The van der Waals surface area contributed by atoms with Gasteiger partial charge >= 0.3 is 0 Å². The number of aryl methyl sites for hydroxylation is 1. The zero-order valence-corrected chi connectivity index (χ0v) is 12.5. The fourth-order valence-corrected chi connectivity index (χ4v) is 2.75. The second kappa shape index (κ2) is 6.58. The van der Waals surface area contributed by atoms with Gasteiger partial charge in [-0.2, -0.15) is 5.10 Å². The van der Waals surface area contributed by atoms with Crippen LogP contribution in [0.4, 0.5) is 0 Å². The summed E-state index contributed by atoms with van der Waals surface area (Å²) in [5.74, 6) is 0.545. The molecule has 116 valence electrons. The van der Waals surface area contributed by atoms with Crippen LogP contribution in [0.25, 0.3) is 0 Å². The molecule has 21 heavy (non-hydrogen) atoms. The average Bonchev–Trinajstić information content (AvgIpc) is 2.85. The third-order valence-electron chi connectivity index (χ3n) is 4.33. The van der Waals surface area contributed by atoms with Gasteiger partial charge in [-0.3, -0.25) is 9.48 Å². The molecule has 3 rings (SSSR count). The minimum Gasteiger partial charge on any atom is -0.379 e. The SMILES string of the molecule is Cn1ccc(C(=O)N[C@@H]2COCC[C@@H]2OCC2CCC2)n1. The summed E-state index contributed by atoms with van der Waals surface area (Å²) < 4.78 is 13.1. The van der Waals surface area contributed by atoms with Crippen molar-refractivity contribution in [3.05, 3.63) is 18.0 Å². The summed E-state index contributed by atoms with van der Waals surface area (Å²) in [5.41, 5.74) is 0.431. The molecule has 1 saturated carbocycles. The van der Waals surface area contributed by atoms with Crippen LogP contribution in [0.2, 0.25) is 0 Å². The topological polar surface area (TPSA) is 65.4 Å². The number of rotatable bonds is 5. The van der Waals surface area contributed by atoms with Crippen LogP contribution < -0.4 is 5.32 Å². The first-order valence-corrected chi connectivity index (χ1v) is 7.72. The molecule has 1 aromatic heterocycles. The van der Waals surface area contributed by atoms with Crippen LogP contribution in [-0.4, -0.2) is 47.7 Å². The first kappa shape index (κ1) is 14.5. The second-order valence-electron chi connectivity index (χ2n) is 5.99. The van der Waals surface area contributed by atoms with Crippen molar-refractivity contribution in [2.45, 2.75) is 37.8 Å². The molecule has 2 fully saturated rings. The normalized spacial score (nSPS) is 26.3. The van der Waals surface area contributed by atoms with E-state index in [1.54, 1.807) is 24.0 Å². The maximum absolute atomic E-state index is 12.2. The number of nitrogens with zero attached hydrogens (tertiary/aromatic N) is 2. The number of aromatic nitrogens is 2. The maximum atomic E-state index is 12.2. The van der Waals surface area contributed by atoms with E-state index in [1.807, 2.05) is 0 Å². The molecule has 6 nitrogen and oxygen atoms in total. The van der Waals surface area contributed by atoms with Gasteiger partial charge in [-0.15, -0.1) is 0 Å². The Morgan fingerprint density at radius 2 is 2.38 bits per heavy atom. The molecule has 1 aromatic rings. The predicted octanol–water partition coefficient (Wildman–Crippen LogP) is 1.12. The molecule has 0 unspecified atom stereocenters. The highest BCUT2D eigenvalue weighted by Crippen LogP contribution is 2.27. The van der Waals surface area contributed by atoms with Crippen molar-refractivity contribution in [2.24, 2.45) is 13.0 Å². The van der Waals surface area contributed by atoms with Crippen LogP contribution in [0, 0.1) is 5.92 Å². The molecule has 0 radical (unpaired) electrons. The third kappa shape index (κ3) is 3.63. The summed E-state index contributed by atoms with van der Waals surface area (Å²) in [6.07, 6.45) is 6.51. The van der Waals surface area contributed by atoms with Crippen LogP contribution in [0.15, 0.2) is 12.3 Å². The molecule has 6 heteroatoms. The van der Waals surface area contributed by atoms with Gasteiger partial charge in [0.15, 0.2) is 0 Å². The summed E-state index contributed by atoms with van der Waals surface area (Å²) in [7, 11) is 1.80. The highest BCUT2D eigenvalue weighted by atomic mass is 16.5. The predicted molar refractivity (Wildman–Crippen MR) is 77.0 cm³/mol. The minimum atomic E-state index is -0.164. The maximum Gasteiger partial charge on any atom is 0.272 e. The Balaban J connectivity index is 1.54. The lowest BCUT2D eigenvalue weighted by atomic mass is 9.86. The molecule has 1 aliphatic heterocycles. The minimum absolute atomic E-state index is 0.0482. The standard InChI is InChI=1S/C15H23N3O3/c1-18-7-5-12(17-18)15(19)16-13-10-20-8-6-14(13)21-9-11-3-2-4-11/h5,7,11,13-14H,2-4,6,8-10H2,1H3,(H,16,19)/t13-,14+/m1/s1. The van der Waals surface area contributed by atoms with Crippen LogP contribution in [0.1, 0.15) is 36.2 Å². The van der Waals surface area contributed by atoms with Crippen LogP contribution in [-0.2, 0) is 16.5 Å². The first-order valence-electron chi connectivity index (χ1n) is 7.72. The molecule has 1 saturated heterocycles. The molecular formula is C15H23N3O3. The van der Waals surface area contributed by atoms with E-state index in [0.717, 1.165) is 13.0 Å². The average molecular weight is 293 g/mol. The van der Waals surface area contributed by atoms with E-state index in [9.17, 15) is 4.79 Å². The van der Waals surface area contributed by atoms with E-state index >= 15 is 0 Å². The van der Waals surface area contributed by atoms with Crippen molar-refractivity contribution in [3.8, 4) is 0 Å². The molecule has 0 spiro atoms. The van der Waals surface area contributed by atoms with Gasteiger partial charge in [0.2, 0.25) is 0 Å². The summed E-state index contributed by atoms with van der Waals surface area (Å²) in [6.45, 7) is 2.01. The number of amides is 1. The molecule has 0 aromatic carbocycles. The fraction of sp³-hybridized carbons (Fsp3) is 0.733. The van der Waals surface area contributed by atoms with Gasteiger partial charge in [0.1, 0.15) is 5.69 Å². The molecule has 2 atom stereocenters. The van der Waals surface area contributed by atoms with Crippen molar-refractivity contribution in [3.63, 3.8) is 0 Å². The monoisotopic (exact) mass is 293 g/mol. The largest absolute Gasteiger partial charge is 0.379 e. The number of ether oxygens (including phenoxy) is 2. The van der Waals surface area contributed by atoms with Crippen molar-refractivity contribution < 1.29 is 14.3 Å². The Labute approximate surface area is 124 Å². The molecule has 1 N–H and O–H groups in total. The van der Waals surface area contributed by atoms with Gasteiger partial charge < -0.3 is 14.8 Å². The smallest absolute Gasteiger partial charge is 0.272 e. The van der Waals surface area contributed by atoms with E-state index in [1.165, 1.54) is 19.3 Å². The second-order valence-corrected chi connectivity index (χ2v) is 5.99. The van der Waals surface area contributed by atoms with E-state index < -0.39 is 0 Å². The van der Waals surface area contributed by atoms with E-state index in [0.29, 0.717) is 24.8 Å². The Bertz CT molecular complexity index is 484. The Kier molecular flexibility index (Phi) is 4.55. The molecule has 2 aliphatic rings. The summed E-state index contributed by atoms with van der Waals surface area (Å²) in [6, 6.07) is 1.62. The molecule has 0 bridgehead atoms. The quantitative estimate of drug-likeness (QED) is 0.883. The Morgan fingerprint density at radius 3 is 3.05 bits per heavy atom. The first-order chi connectivity index (χ1) is 10.2. The Hall–Kier alpha value is -1.40. The molecule has 1 amide bonds. The van der Waals surface area contributed by atoms with Gasteiger partial charge in [0, 0.05) is 26.5 Å². The number of nitrogens with one attached hydrogen (secondary N) is 1. The van der Waals surface area contributed by atoms with Crippen LogP contribution in [0.5, 0.6) is 0 Å². The number of carbonyl (C=O) groups excluding carboxylic acids is 1. The van der Waals surface area contributed by atoms with E-state index in [-0.39, 0.29) is 18.1 Å². The van der Waals surface area contributed by atoms with Gasteiger partial charge in [-0.05, 0) is 31.2 Å². The lowest BCUT2D eigenvalue weighted by molar-refractivity contribution is -0.0697. The summed E-state index contributed by atoms with van der Waals surface area (Å²) in [4.78, 5) is 12.2. The number of hydrogen-bond acceptors (Lipinski definition) is 4. The van der Waals surface area contributed by atoms with E-state index in [2.05, 4.69) is 10.4 Å². The molecule has 2 heterocycles. The zero-order valence-electron chi connectivity index (χ0n) is 12.5. The lowest BCUT2D eigenvalue weighted by Crippen LogP contribution is -2.51. The molecular weight excluding hydrogens is 270 g/mol. The van der Waals surface area contributed by atoms with Crippen molar-refractivity contribution >= 4 is 5.91 Å². The number of carbonyl (C=O) groups is 1. The van der Waals surface area contributed by atoms with Crippen molar-refractivity contribution in [2.75, 3.05) is 19.8 Å². The van der Waals surface area contributed by atoms with Crippen molar-refractivity contribution in [1.82, 2.24) is 15.1 Å². The van der Waals surface area contributed by atoms with Gasteiger partial charge in [0.25, 0.3) is 5.91 Å². The van der Waals surface area contributed by atoms with Crippen LogP contribution in [0.3, 0.4) is 0 Å². The van der Waals surface area contributed by atoms with Crippen molar-refractivity contribution in [1.29, 1.82) is 0 Å². The van der Waals surface area contributed by atoms with E-state index in [4.69, 9.17) is 9.47 Å². The highest BCUT2D eigenvalue weighted by Gasteiger charge is 2.30. The van der Waals surface area contributed by atoms with Gasteiger partial charge in [-0.1, -0.05) is 6.42 Å². The lowest BCUT2D eigenvalue weighted by Gasteiger charge is -2.34. The Morgan fingerprint density at radius 1 is 1.52 bits per heavy atom. The number of hydrogen-bond donors (Lipinski definition) is 1. The van der Waals surface area contributed by atoms with Gasteiger partial charge in [0.05, 0.1) is 18.8 Å². The highest BCUT2D eigenvalue weighted by molar-refractivity contribution is 5.92. The van der Waals surface area contributed by atoms with Gasteiger partial charge in [-0.25, -0.2) is 0 Å².